The largest absolute Gasteiger partial charge is 0.417 e. The van der Waals surface area contributed by atoms with Crippen molar-refractivity contribution in [1.82, 2.24) is 15.2 Å². The second-order valence-electron chi connectivity index (χ2n) is 5.96. The third kappa shape index (κ3) is 6.87. The van der Waals surface area contributed by atoms with Crippen molar-refractivity contribution in [1.29, 1.82) is 0 Å². The number of nitrogens with zero attached hydrogens (tertiary/aromatic N) is 2. The van der Waals surface area contributed by atoms with Crippen LogP contribution in [0.5, 0.6) is 5.88 Å². The first-order valence-electron chi connectivity index (χ1n) is 6.56. The molecule has 0 aromatic carbocycles. The highest BCUT2D eigenvalue weighted by molar-refractivity contribution is 5.73. The summed E-state index contributed by atoms with van der Waals surface area (Å²) in [6.07, 6.45) is 1.36. The number of carbonyl (C=O) groups excluding carboxylic acids is 1. The van der Waals surface area contributed by atoms with Gasteiger partial charge in [-0.25, -0.2) is 9.78 Å². The fraction of sp³-hybridized carbons (Fsp3) is 0.571. The minimum absolute atomic E-state index is 0.00102. The molecule has 0 aliphatic carbocycles. The van der Waals surface area contributed by atoms with Gasteiger partial charge in [-0.2, -0.15) is 8.78 Å². The van der Waals surface area contributed by atoms with E-state index in [0.29, 0.717) is 12.1 Å². The lowest BCUT2D eigenvalue weighted by Gasteiger charge is -2.26. The lowest BCUT2D eigenvalue weighted by Crippen LogP contribution is -2.41. The molecule has 0 saturated carbocycles. The molecule has 2 amide bonds. The molecule has 0 radical (unpaired) electrons. The first-order chi connectivity index (χ1) is 9.67. The molecule has 118 valence electrons. The number of rotatable bonds is 5. The number of amides is 2. The molecule has 0 spiro atoms. The Morgan fingerprint density at radius 1 is 1.48 bits per heavy atom. The molecule has 5 nitrogen and oxygen atoms in total. The Morgan fingerprint density at radius 3 is 2.71 bits per heavy atom. The van der Waals surface area contributed by atoms with Gasteiger partial charge in [-0.05, 0) is 17.0 Å². The molecule has 1 aromatic heterocycles. The normalized spacial score (nSPS) is 11.4. The van der Waals surface area contributed by atoms with Crippen LogP contribution in [-0.4, -0.2) is 36.1 Å². The van der Waals surface area contributed by atoms with Crippen LogP contribution < -0.4 is 10.1 Å². The summed E-state index contributed by atoms with van der Waals surface area (Å²) < 4.78 is 28.4. The number of alkyl halides is 2. The number of pyridine rings is 1. The highest BCUT2D eigenvalue weighted by Gasteiger charge is 2.17. The van der Waals surface area contributed by atoms with E-state index in [2.05, 4.69) is 15.0 Å². The number of hydrogen-bond acceptors (Lipinski definition) is 3. The maximum absolute atomic E-state index is 12.1. The Morgan fingerprint density at radius 2 is 2.14 bits per heavy atom. The topological polar surface area (TPSA) is 54.5 Å². The summed E-state index contributed by atoms with van der Waals surface area (Å²) in [6, 6.07) is 2.77. The molecule has 21 heavy (non-hydrogen) atoms. The van der Waals surface area contributed by atoms with Crippen LogP contribution in [0.15, 0.2) is 18.3 Å². The molecule has 0 aliphatic heterocycles. The van der Waals surface area contributed by atoms with Crippen LogP contribution in [-0.2, 0) is 6.54 Å². The summed E-state index contributed by atoms with van der Waals surface area (Å²) in [6.45, 7) is 4.01. The van der Waals surface area contributed by atoms with Crippen molar-refractivity contribution >= 4 is 6.03 Å². The third-order valence-corrected chi connectivity index (χ3v) is 2.51. The van der Waals surface area contributed by atoms with Gasteiger partial charge in [0.05, 0.1) is 0 Å². The second-order valence-corrected chi connectivity index (χ2v) is 5.96. The SMILES string of the molecule is CN(CC(C)(C)C)C(=O)NCc1ccnc(OC(F)F)c1. The number of aromatic nitrogens is 1. The summed E-state index contributed by atoms with van der Waals surface area (Å²) >= 11 is 0. The third-order valence-electron chi connectivity index (χ3n) is 2.51. The summed E-state index contributed by atoms with van der Waals surface area (Å²) in [5.74, 6) is -0.167. The van der Waals surface area contributed by atoms with Crippen LogP contribution in [0.3, 0.4) is 0 Å². The molecule has 1 rings (SSSR count). The number of halogens is 2. The van der Waals surface area contributed by atoms with Crippen LogP contribution in [0.2, 0.25) is 0 Å². The van der Waals surface area contributed by atoms with E-state index in [1.165, 1.54) is 12.3 Å². The Labute approximate surface area is 123 Å². The van der Waals surface area contributed by atoms with Gasteiger partial charge in [-0.3, -0.25) is 0 Å². The van der Waals surface area contributed by atoms with Crippen molar-refractivity contribution in [3.8, 4) is 5.88 Å². The van der Waals surface area contributed by atoms with E-state index in [0.717, 1.165) is 0 Å². The predicted octanol–water partition coefficient (Wildman–Crippen LogP) is 2.87. The monoisotopic (exact) mass is 301 g/mol. The van der Waals surface area contributed by atoms with Crippen LogP contribution in [0.1, 0.15) is 26.3 Å². The number of hydrogen-bond donors (Lipinski definition) is 1. The number of carbonyl (C=O) groups is 1. The van der Waals surface area contributed by atoms with Gasteiger partial charge < -0.3 is 15.0 Å². The van der Waals surface area contributed by atoms with Gasteiger partial charge in [0.25, 0.3) is 0 Å². The number of ether oxygens (including phenoxy) is 1. The molecule has 0 bridgehead atoms. The van der Waals surface area contributed by atoms with E-state index in [-0.39, 0.29) is 23.9 Å². The number of nitrogens with one attached hydrogen (secondary N) is 1. The van der Waals surface area contributed by atoms with Crippen LogP contribution in [0.25, 0.3) is 0 Å². The van der Waals surface area contributed by atoms with Gasteiger partial charge in [0.15, 0.2) is 0 Å². The van der Waals surface area contributed by atoms with E-state index in [9.17, 15) is 13.6 Å². The average Bonchev–Trinajstić information content (AvgIpc) is 2.33. The second kappa shape index (κ2) is 7.19. The Kier molecular flexibility index (Phi) is 5.87. The molecule has 1 aromatic rings. The van der Waals surface area contributed by atoms with Crippen molar-refractivity contribution in [3.05, 3.63) is 23.9 Å². The standard InChI is InChI=1S/C14H21F2N3O2/c1-14(2,3)9-19(4)13(20)18-8-10-5-6-17-11(7-10)21-12(15)16/h5-7,12H,8-9H2,1-4H3,(H,18,20). The lowest BCUT2D eigenvalue weighted by molar-refractivity contribution is -0.0529. The highest BCUT2D eigenvalue weighted by atomic mass is 19.3. The number of urea groups is 1. The zero-order valence-corrected chi connectivity index (χ0v) is 12.7. The molecule has 0 unspecified atom stereocenters. The smallest absolute Gasteiger partial charge is 0.388 e. The van der Waals surface area contributed by atoms with Gasteiger partial charge >= 0.3 is 12.6 Å². The first-order valence-corrected chi connectivity index (χ1v) is 6.56. The minimum atomic E-state index is -2.92. The van der Waals surface area contributed by atoms with Crippen molar-refractivity contribution in [3.63, 3.8) is 0 Å². The quantitative estimate of drug-likeness (QED) is 0.910. The van der Waals surface area contributed by atoms with Gasteiger partial charge in [0, 0.05) is 32.4 Å². The molecule has 0 saturated heterocycles. The maximum Gasteiger partial charge on any atom is 0.388 e. The first kappa shape index (κ1) is 17.1. The molecule has 0 fully saturated rings. The Bertz CT molecular complexity index is 476. The molecule has 0 aliphatic rings. The molecule has 0 atom stereocenters. The molecule has 1 heterocycles. The Hall–Kier alpha value is -1.92. The summed E-state index contributed by atoms with van der Waals surface area (Å²) in [7, 11) is 1.71. The summed E-state index contributed by atoms with van der Waals surface area (Å²) in [5, 5.41) is 2.72. The van der Waals surface area contributed by atoms with E-state index < -0.39 is 6.61 Å². The average molecular weight is 301 g/mol. The predicted molar refractivity (Wildman–Crippen MR) is 75.2 cm³/mol. The summed E-state index contributed by atoms with van der Waals surface area (Å²) in [5.41, 5.74) is 0.638. The van der Waals surface area contributed by atoms with Crippen molar-refractivity contribution in [2.24, 2.45) is 5.41 Å². The van der Waals surface area contributed by atoms with Crippen molar-refractivity contribution in [2.45, 2.75) is 33.9 Å². The van der Waals surface area contributed by atoms with Gasteiger partial charge in [0.2, 0.25) is 5.88 Å². The molecule has 7 heteroatoms. The van der Waals surface area contributed by atoms with Crippen LogP contribution >= 0.6 is 0 Å². The lowest BCUT2D eigenvalue weighted by atomic mass is 9.96. The fourth-order valence-electron chi connectivity index (χ4n) is 1.81. The fourth-order valence-corrected chi connectivity index (χ4v) is 1.81. The molecular weight excluding hydrogens is 280 g/mol. The Balaban J connectivity index is 2.53. The van der Waals surface area contributed by atoms with E-state index in [1.54, 1.807) is 18.0 Å². The van der Waals surface area contributed by atoms with Gasteiger partial charge in [-0.15, -0.1) is 0 Å². The van der Waals surface area contributed by atoms with E-state index in [1.807, 2.05) is 20.8 Å². The van der Waals surface area contributed by atoms with Gasteiger partial charge in [0.1, 0.15) is 0 Å². The molecule has 1 N–H and O–H groups in total. The van der Waals surface area contributed by atoms with Crippen molar-refractivity contribution < 1.29 is 18.3 Å². The van der Waals surface area contributed by atoms with Gasteiger partial charge in [-0.1, -0.05) is 20.8 Å². The van der Waals surface area contributed by atoms with E-state index in [4.69, 9.17) is 0 Å². The summed E-state index contributed by atoms with van der Waals surface area (Å²) in [4.78, 5) is 17.2. The molecular formula is C14H21F2N3O2. The highest BCUT2D eigenvalue weighted by Crippen LogP contribution is 2.15. The maximum atomic E-state index is 12.1. The minimum Gasteiger partial charge on any atom is -0.417 e. The zero-order valence-electron chi connectivity index (χ0n) is 12.7. The van der Waals surface area contributed by atoms with Crippen LogP contribution in [0, 0.1) is 5.41 Å². The van der Waals surface area contributed by atoms with Crippen molar-refractivity contribution in [2.75, 3.05) is 13.6 Å². The zero-order chi connectivity index (χ0) is 16.0. The van der Waals surface area contributed by atoms with Crippen LogP contribution in [0.4, 0.5) is 13.6 Å². The van der Waals surface area contributed by atoms with E-state index >= 15 is 0 Å².